The van der Waals surface area contributed by atoms with E-state index in [1.807, 2.05) is 26.0 Å². The number of hydrogen-bond acceptors (Lipinski definition) is 4. The van der Waals surface area contributed by atoms with E-state index in [0.717, 1.165) is 5.39 Å². The molecule has 1 unspecified atom stereocenters. The standard InChI is InChI=1S/C15H18N2O3/c1-9(18)15(2,3)17-13-11-7-5-4-6-10(11)12(8-16-13)14(19)20/h4-9,18H,1-3H3,(H,16,17)(H,19,20). The Hall–Kier alpha value is -2.14. The number of aromatic carboxylic acids is 1. The third-order valence-corrected chi connectivity index (χ3v) is 3.51. The number of hydrogen-bond donors (Lipinski definition) is 3. The lowest BCUT2D eigenvalue weighted by molar-refractivity contribution is 0.0698. The number of nitrogens with zero attached hydrogens (tertiary/aromatic N) is 1. The minimum Gasteiger partial charge on any atom is -0.478 e. The van der Waals surface area contributed by atoms with Crippen LogP contribution in [0.3, 0.4) is 0 Å². The van der Waals surface area contributed by atoms with Crippen molar-refractivity contribution in [3.05, 3.63) is 36.0 Å². The zero-order valence-corrected chi connectivity index (χ0v) is 11.7. The van der Waals surface area contributed by atoms with Gasteiger partial charge in [0.15, 0.2) is 0 Å². The summed E-state index contributed by atoms with van der Waals surface area (Å²) in [5.41, 5.74) is -0.401. The highest BCUT2D eigenvalue weighted by molar-refractivity contribution is 6.06. The van der Waals surface area contributed by atoms with Crippen LogP contribution in [0.4, 0.5) is 5.82 Å². The van der Waals surface area contributed by atoms with Crippen molar-refractivity contribution in [1.29, 1.82) is 0 Å². The summed E-state index contributed by atoms with van der Waals surface area (Å²) in [6.07, 6.45) is 0.757. The second-order valence-corrected chi connectivity index (χ2v) is 5.39. The third-order valence-electron chi connectivity index (χ3n) is 3.51. The molecule has 20 heavy (non-hydrogen) atoms. The number of benzene rings is 1. The summed E-state index contributed by atoms with van der Waals surface area (Å²) in [5.74, 6) is -0.438. The van der Waals surface area contributed by atoms with Gasteiger partial charge in [0.25, 0.3) is 0 Å². The van der Waals surface area contributed by atoms with Crippen LogP contribution in [-0.2, 0) is 0 Å². The highest BCUT2D eigenvalue weighted by Gasteiger charge is 2.25. The van der Waals surface area contributed by atoms with Crippen molar-refractivity contribution >= 4 is 22.6 Å². The van der Waals surface area contributed by atoms with Crippen molar-refractivity contribution < 1.29 is 15.0 Å². The molecular formula is C15H18N2O3. The van der Waals surface area contributed by atoms with Gasteiger partial charge in [-0.1, -0.05) is 24.3 Å². The molecule has 5 nitrogen and oxygen atoms in total. The largest absolute Gasteiger partial charge is 0.478 e. The fraction of sp³-hybridized carbons (Fsp3) is 0.333. The molecule has 0 amide bonds. The van der Waals surface area contributed by atoms with Gasteiger partial charge >= 0.3 is 5.97 Å². The van der Waals surface area contributed by atoms with Crippen LogP contribution in [0.25, 0.3) is 10.8 Å². The smallest absolute Gasteiger partial charge is 0.337 e. The maximum absolute atomic E-state index is 11.2. The van der Waals surface area contributed by atoms with Gasteiger partial charge in [-0.15, -0.1) is 0 Å². The van der Waals surface area contributed by atoms with Crippen LogP contribution in [-0.4, -0.2) is 32.8 Å². The minimum atomic E-state index is -1.00. The Morgan fingerprint density at radius 2 is 1.90 bits per heavy atom. The number of nitrogens with one attached hydrogen (secondary N) is 1. The molecule has 0 saturated carbocycles. The zero-order valence-electron chi connectivity index (χ0n) is 11.7. The fourth-order valence-electron chi connectivity index (χ4n) is 1.87. The van der Waals surface area contributed by atoms with Crippen LogP contribution in [0.1, 0.15) is 31.1 Å². The lowest BCUT2D eigenvalue weighted by Gasteiger charge is -2.30. The number of aliphatic hydroxyl groups is 1. The van der Waals surface area contributed by atoms with Crippen molar-refractivity contribution in [2.75, 3.05) is 5.32 Å². The summed E-state index contributed by atoms with van der Waals surface area (Å²) >= 11 is 0. The third kappa shape index (κ3) is 2.58. The van der Waals surface area contributed by atoms with Gasteiger partial charge in [0, 0.05) is 17.0 Å². The molecule has 0 bridgehead atoms. The summed E-state index contributed by atoms with van der Waals surface area (Å²) in [6, 6.07) is 7.19. The topological polar surface area (TPSA) is 82.5 Å². The first kappa shape index (κ1) is 14.3. The highest BCUT2D eigenvalue weighted by atomic mass is 16.4. The first-order valence-corrected chi connectivity index (χ1v) is 6.40. The van der Waals surface area contributed by atoms with Gasteiger partial charge in [0.1, 0.15) is 5.82 Å². The second-order valence-electron chi connectivity index (χ2n) is 5.39. The maximum atomic E-state index is 11.2. The molecule has 3 N–H and O–H groups in total. The summed E-state index contributed by atoms with van der Waals surface area (Å²) in [6.45, 7) is 5.42. The van der Waals surface area contributed by atoms with Gasteiger partial charge in [-0.3, -0.25) is 0 Å². The van der Waals surface area contributed by atoms with Gasteiger partial charge in [-0.25, -0.2) is 9.78 Å². The number of fused-ring (bicyclic) bond motifs is 1. The number of anilines is 1. The van der Waals surface area contributed by atoms with Crippen LogP contribution < -0.4 is 5.32 Å². The van der Waals surface area contributed by atoms with Crippen LogP contribution in [0.5, 0.6) is 0 Å². The van der Waals surface area contributed by atoms with Crippen molar-refractivity contribution in [2.24, 2.45) is 0 Å². The molecule has 106 valence electrons. The molecule has 5 heteroatoms. The molecule has 0 aliphatic rings. The van der Waals surface area contributed by atoms with Crippen LogP contribution >= 0.6 is 0 Å². The van der Waals surface area contributed by atoms with Gasteiger partial charge in [-0.2, -0.15) is 0 Å². The van der Waals surface area contributed by atoms with E-state index in [9.17, 15) is 15.0 Å². The first-order chi connectivity index (χ1) is 9.33. The molecule has 0 aliphatic heterocycles. The molecule has 2 rings (SSSR count). The van der Waals surface area contributed by atoms with Crippen molar-refractivity contribution in [1.82, 2.24) is 4.98 Å². The number of carboxylic acid groups (broad SMARTS) is 1. The monoisotopic (exact) mass is 274 g/mol. The molecule has 1 aromatic heterocycles. The van der Waals surface area contributed by atoms with Gasteiger partial charge < -0.3 is 15.5 Å². The Labute approximate surface area is 117 Å². The van der Waals surface area contributed by atoms with Crippen LogP contribution in [0.2, 0.25) is 0 Å². The molecule has 0 saturated heterocycles. The average molecular weight is 274 g/mol. The quantitative estimate of drug-likeness (QED) is 0.798. The molecule has 1 aromatic carbocycles. The van der Waals surface area contributed by atoms with Gasteiger partial charge in [0.2, 0.25) is 0 Å². The Kier molecular flexibility index (Phi) is 3.63. The Bertz CT molecular complexity index is 651. The predicted octanol–water partition coefficient (Wildman–Crippen LogP) is 2.50. The Morgan fingerprint density at radius 1 is 1.30 bits per heavy atom. The van der Waals surface area contributed by atoms with Gasteiger partial charge in [0.05, 0.1) is 17.2 Å². The van der Waals surface area contributed by atoms with Crippen molar-refractivity contribution in [3.8, 4) is 0 Å². The van der Waals surface area contributed by atoms with E-state index in [0.29, 0.717) is 11.2 Å². The first-order valence-electron chi connectivity index (χ1n) is 6.40. The SMILES string of the molecule is CC(O)C(C)(C)Nc1ncc(C(=O)O)c2ccccc12. The normalized spacial score (nSPS) is 13.2. The molecule has 2 aromatic rings. The van der Waals surface area contributed by atoms with Crippen LogP contribution in [0.15, 0.2) is 30.5 Å². The van der Waals surface area contributed by atoms with E-state index >= 15 is 0 Å². The fourth-order valence-corrected chi connectivity index (χ4v) is 1.87. The summed E-state index contributed by atoms with van der Waals surface area (Å²) in [5, 5.41) is 23.5. The van der Waals surface area contributed by atoms with Gasteiger partial charge in [-0.05, 0) is 20.8 Å². The van der Waals surface area contributed by atoms with Crippen LogP contribution in [0, 0.1) is 0 Å². The summed E-state index contributed by atoms with van der Waals surface area (Å²) < 4.78 is 0. The van der Waals surface area contributed by atoms with E-state index in [2.05, 4.69) is 10.3 Å². The average Bonchev–Trinajstić information content (AvgIpc) is 2.38. The molecule has 0 radical (unpaired) electrons. The second kappa shape index (κ2) is 5.09. The molecule has 0 spiro atoms. The Morgan fingerprint density at radius 3 is 2.45 bits per heavy atom. The van der Waals surface area contributed by atoms with E-state index < -0.39 is 17.6 Å². The van der Waals surface area contributed by atoms with E-state index in [4.69, 9.17) is 0 Å². The van der Waals surface area contributed by atoms with Crippen molar-refractivity contribution in [2.45, 2.75) is 32.4 Å². The minimum absolute atomic E-state index is 0.168. The number of carboxylic acids is 1. The van der Waals surface area contributed by atoms with Crippen molar-refractivity contribution in [3.63, 3.8) is 0 Å². The maximum Gasteiger partial charge on any atom is 0.337 e. The molecule has 1 heterocycles. The molecule has 0 aliphatic carbocycles. The van der Waals surface area contributed by atoms with E-state index in [1.54, 1.807) is 19.1 Å². The van der Waals surface area contributed by atoms with E-state index in [1.165, 1.54) is 6.20 Å². The zero-order chi connectivity index (χ0) is 14.9. The lowest BCUT2D eigenvalue weighted by Crippen LogP contribution is -2.42. The highest BCUT2D eigenvalue weighted by Crippen LogP contribution is 2.27. The summed E-state index contributed by atoms with van der Waals surface area (Å²) in [7, 11) is 0. The number of aliphatic hydroxyl groups excluding tert-OH is 1. The lowest BCUT2D eigenvalue weighted by atomic mass is 9.98. The summed E-state index contributed by atoms with van der Waals surface area (Å²) in [4.78, 5) is 15.4. The molecule has 1 atom stereocenters. The Balaban J connectivity index is 2.57. The number of carbonyl (C=O) groups is 1. The number of pyridine rings is 1. The molecule has 0 fully saturated rings. The predicted molar refractivity (Wildman–Crippen MR) is 78.1 cm³/mol. The molecular weight excluding hydrogens is 256 g/mol. The number of aromatic nitrogens is 1. The number of rotatable bonds is 4. The van der Waals surface area contributed by atoms with E-state index in [-0.39, 0.29) is 5.56 Å².